The number of nitrogens with zero attached hydrogens (tertiary/aromatic N) is 4. The van der Waals surface area contributed by atoms with Crippen molar-refractivity contribution in [2.24, 2.45) is 0 Å². The molecule has 25 heavy (non-hydrogen) atoms. The summed E-state index contributed by atoms with van der Waals surface area (Å²) in [5, 5.41) is 15.0. The van der Waals surface area contributed by atoms with Crippen molar-refractivity contribution in [2.75, 3.05) is 18.4 Å². The Morgan fingerprint density at radius 1 is 1.04 bits per heavy atom. The summed E-state index contributed by atoms with van der Waals surface area (Å²) >= 11 is 0. The number of benzene rings is 1. The van der Waals surface area contributed by atoms with Gasteiger partial charge in [-0.2, -0.15) is 5.10 Å². The van der Waals surface area contributed by atoms with Crippen molar-refractivity contribution in [3.63, 3.8) is 0 Å². The number of hydrogen-bond donors (Lipinski definition) is 2. The average molecular weight is 362 g/mol. The lowest BCUT2D eigenvalue weighted by Gasteiger charge is -2.08. The predicted molar refractivity (Wildman–Crippen MR) is 89.2 cm³/mol. The summed E-state index contributed by atoms with van der Waals surface area (Å²) in [5.41, 5.74) is 0. The molecule has 2 heterocycles. The molecule has 0 aliphatic carbocycles. The summed E-state index contributed by atoms with van der Waals surface area (Å²) in [7, 11) is -3.67. The minimum Gasteiger partial charge on any atom is -0.367 e. The minimum absolute atomic E-state index is 0.0114. The van der Waals surface area contributed by atoms with Gasteiger partial charge in [-0.3, -0.25) is 0 Å². The molecular formula is C15H15FN6O2S. The van der Waals surface area contributed by atoms with E-state index >= 15 is 0 Å². The van der Waals surface area contributed by atoms with E-state index in [4.69, 9.17) is 0 Å². The quantitative estimate of drug-likeness (QED) is 0.612. The molecule has 0 amide bonds. The maximum Gasteiger partial charge on any atom is 0.240 e. The first kappa shape index (κ1) is 17.0. The van der Waals surface area contributed by atoms with E-state index < -0.39 is 15.8 Å². The maximum absolute atomic E-state index is 12.8. The molecule has 0 atom stereocenters. The Kier molecular flexibility index (Phi) is 5.00. The molecule has 3 rings (SSSR count). The third kappa shape index (κ3) is 4.37. The first-order valence-electron chi connectivity index (χ1n) is 7.37. The lowest BCUT2D eigenvalue weighted by molar-refractivity contribution is 0.582. The summed E-state index contributed by atoms with van der Waals surface area (Å²) in [5.74, 6) is 0.599. The van der Waals surface area contributed by atoms with E-state index in [-0.39, 0.29) is 11.4 Å². The topological polar surface area (TPSA) is 102 Å². The molecule has 1 aromatic carbocycles. The van der Waals surface area contributed by atoms with Crippen LogP contribution in [0.2, 0.25) is 0 Å². The van der Waals surface area contributed by atoms with Gasteiger partial charge in [-0.25, -0.2) is 22.2 Å². The van der Waals surface area contributed by atoms with E-state index in [1.807, 2.05) is 0 Å². The molecule has 0 saturated carbocycles. The van der Waals surface area contributed by atoms with Gasteiger partial charge in [0.25, 0.3) is 0 Å². The fraction of sp³-hybridized carbons (Fsp3) is 0.133. The summed E-state index contributed by atoms with van der Waals surface area (Å²) in [6.07, 6.45) is 3.39. The zero-order valence-electron chi connectivity index (χ0n) is 13.0. The molecule has 0 bridgehead atoms. The minimum atomic E-state index is -3.67. The molecular weight excluding hydrogens is 347 g/mol. The van der Waals surface area contributed by atoms with E-state index in [2.05, 4.69) is 25.3 Å². The molecule has 130 valence electrons. The fourth-order valence-corrected chi connectivity index (χ4v) is 3.05. The van der Waals surface area contributed by atoms with E-state index in [9.17, 15) is 12.8 Å². The zero-order valence-corrected chi connectivity index (χ0v) is 13.8. The molecule has 0 saturated heterocycles. The zero-order chi connectivity index (χ0) is 17.7. The average Bonchev–Trinajstić information content (AvgIpc) is 3.14. The predicted octanol–water partition coefficient (Wildman–Crippen LogP) is 1.19. The van der Waals surface area contributed by atoms with Crippen molar-refractivity contribution in [3.05, 3.63) is 60.7 Å². The molecule has 3 aromatic rings. The maximum atomic E-state index is 12.8. The molecule has 8 nitrogen and oxygen atoms in total. The number of sulfonamides is 1. The van der Waals surface area contributed by atoms with Gasteiger partial charge in [0.2, 0.25) is 10.0 Å². The Bertz CT molecular complexity index is 912. The Labute approximate surface area is 143 Å². The van der Waals surface area contributed by atoms with Crippen LogP contribution in [0.1, 0.15) is 0 Å². The van der Waals surface area contributed by atoms with Gasteiger partial charge in [0.1, 0.15) is 11.6 Å². The summed E-state index contributed by atoms with van der Waals surface area (Å²) < 4.78 is 40.9. The molecule has 2 aromatic heterocycles. The van der Waals surface area contributed by atoms with Gasteiger partial charge >= 0.3 is 0 Å². The molecule has 2 N–H and O–H groups in total. The van der Waals surface area contributed by atoms with Crippen molar-refractivity contribution in [3.8, 4) is 5.82 Å². The number of anilines is 1. The second-order valence-corrected chi connectivity index (χ2v) is 6.77. The van der Waals surface area contributed by atoms with E-state index in [1.165, 1.54) is 12.1 Å². The largest absolute Gasteiger partial charge is 0.367 e. The van der Waals surface area contributed by atoms with E-state index in [0.29, 0.717) is 18.2 Å². The molecule has 10 heteroatoms. The SMILES string of the molecule is O=S(=O)(NCCNc1ccc(-n2cccn2)nn1)c1ccc(F)cc1. The second-order valence-electron chi connectivity index (χ2n) is 5.01. The van der Waals surface area contributed by atoms with Crippen LogP contribution in [0.25, 0.3) is 5.82 Å². The van der Waals surface area contributed by atoms with E-state index in [1.54, 1.807) is 35.3 Å². The first-order valence-corrected chi connectivity index (χ1v) is 8.86. The van der Waals surface area contributed by atoms with Crippen LogP contribution in [0, 0.1) is 5.82 Å². The van der Waals surface area contributed by atoms with Gasteiger partial charge < -0.3 is 5.32 Å². The summed E-state index contributed by atoms with van der Waals surface area (Å²) in [4.78, 5) is 0.0114. The standard InChI is InChI=1S/C15H15FN6O2S/c16-12-2-4-13(5-3-12)25(23,24)19-10-9-17-14-6-7-15(21-20-14)22-11-1-8-18-22/h1-8,11,19H,9-10H2,(H,17,20). The highest BCUT2D eigenvalue weighted by Gasteiger charge is 2.12. The smallest absolute Gasteiger partial charge is 0.240 e. The first-order chi connectivity index (χ1) is 12.0. The number of aromatic nitrogens is 4. The van der Waals surface area contributed by atoms with Crippen molar-refractivity contribution in [1.29, 1.82) is 0 Å². The molecule has 0 aliphatic rings. The summed E-state index contributed by atoms with van der Waals surface area (Å²) in [6.45, 7) is 0.457. The van der Waals surface area contributed by atoms with Gasteiger partial charge in [-0.15, -0.1) is 10.2 Å². The van der Waals surface area contributed by atoms with Crippen molar-refractivity contribution < 1.29 is 12.8 Å². The normalized spacial score (nSPS) is 11.4. The van der Waals surface area contributed by atoms with Crippen LogP contribution >= 0.6 is 0 Å². The van der Waals surface area contributed by atoms with Gasteiger partial charge in [-0.1, -0.05) is 0 Å². The Hall–Kier alpha value is -2.85. The monoisotopic (exact) mass is 362 g/mol. The molecule has 0 fully saturated rings. The van der Waals surface area contributed by atoms with Gasteiger partial charge in [-0.05, 0) is 42.5 Å². The van der Waals surface area contributed by atoms with Crippen LogP contribution in [0.5, 0.6) is 0 Å². The van der Waals surface area contributed by atoms with Crippen LogP contribution in [-0.4, -0.2) is 41.5 Å². The highest BCUT2D eigenvalue weighted by molar-refractivity contribution is 7.89. The fourth-order valence-electron chi connectivity index (χ4n) is 2.02. The van der Waals surface area contributed by atoms with Crippen LogP contribution in [-0.2, 0) is 10.0 Å². The van der Waals surface area contributed by atoms with Gasteiger partial charge in [0.05, 0.1) is 4.90 Å². The van der Waals surface area contributed by atoms with E-state index in [0.717, 1.165) is 12.1 Å². The molecule has 0 radical (unpaired) electrons. The Morgan fingerprint density at radius 2 is 1.84 bits per heavy atom. The second kappa shape index (κ2) is 7.36. The number of halogens is 1. The lowest BCUT2D eigenvalue weighted by atomic mass is 10.4. The summed E-state index contributed by atoms with van der Waals surface area (Å²) in [6, 6.07) is 9.87. The number of nitrogens with one attached hydrogen (secondary N) is 2. The highest BCUT2D eigenvalue weighted by atomic mass is 32.2. The third-order valence-corrected chi connectivity index (χ3v) is 4.71. The third-order valence-electron chi connectivity index (χ3n) is 3.24. The van der Waals surface area contributed by atoms with Crippen LogP contribution < -0.4 is 10.0 Å². The van der Waals surface area contributed by atoms with Crippen LogP contribution in [0.4, 0.5) is 10.2 Å². The highest BCUT2D eigenvalue weighted by Crippen LogP contribution is 2.09. The lowest BCUT2D eigenvalue weighted by Crippen LogP contribution is -2.29. The Balaban J connectivity index is 1.50. The Morgan fingerprint density at radius 3 is 2.48 bits per heavy atom. The van der Waals surface area contributed by atoms with Crippen LogP contribution in [0.15, 0.2) is 59.8 Å². The van der Waals surface area contributed by atoms with Gasteiger partial charge in [0.15, 0.2) is 5.82 Å². The molecule has 0 spiro atoms. The number of rotatable bonds is 7. The van der Waals surface area contributed by atoms with Crippen molar-refractivity contribution in [1.82, 2.24) is 24.7 Å². The molecule has 0 aliphatic heterocycles. The van der Waals surface area contributed by atoms with Crippen LogP contribution in [0.3, 0.4) is 0 Å². The molecule has 0 unspecified atom stereocenters. The van der Waals surface area contributed by atoms with Gasteiger partial charge in [0, 0.05) is 25.5 Å². The van der Waals surface area contributed by atoms with Crippen molar-refractivity contribution >= 4 is 15.8 Å². The number of hydrogen-bond acceptors (Lipinski definition) is 6. The van der Waals surface area contributed by atoms with Crippen molar-refractivity contribution in [2.45, 2.75) is 4.90 Å².